The number of fused-ring (bicyclic) bond motifs is 1. The zero-order valence-electron chi connectivity index (χ0n) is 18.7. The minimum absolute atomic E-state index is 0.00775. The van der Waals surface area contributed by atoms with Gasteiger partial charge >= 0.3 is 5.69 Å². The van der Waals surface area contributed by atoms with Gasteiger partial charge in [-0.2, -0.15) is 0 Å². The third-order valence-electron chi connectivity index (χ3n) is 7.98. The Labute approximate surface area is 188 Å². The molecule has 0 spiro atoms. The Morgan fingerprint density at radius 1 is 1.09 bits per heavy atom. The van der Waals surface area contributed by atoms with Crippen molar-refractivity contribution < 1.29 is 9.59 Å². The van der Waals surface area contributed by atoms with Crippen LogP contribution in [0.25, 0.3) is 0 Å². The van der Waals surface area contributed by atoms with Crippen molar-refractivity contribution >= 4 is 11.8 Å². The smallest absolute Gasteiger partial charge is 0.334 e. The molecule has 0 unspecified atom stereocenters. The van der Waals surface area contributed by atoms with Gasteiger partial charge in [-0.1, -0.05) is 37.3 Å². The first-order valence-corrected chi connectivity index (χ1v) is 11.6. The monoisotopic (exact) mass is 434 g/mol. The highest BCUT2D eigenvalue weighted by atomic mass is 16.2. The molecule has 2 amide bonds. The molecule has 1 aromatic heterocycles. The lowest BCUT2D eigenvalue weighted by Crippen LogP contribution is -2.63. The van der Waals surface area contributed by atoms with E-state index in [0.29, 0.717) is 6.42 Å². The normalized spacial score (nSPS) is 30.9. The summed E-state index contributed by atoms with van der Waals surface area (Å²) < 4.78 is 1.38. The number of nitrogens with zero attached hydrogens (tertiary/aromatic N) is 4. The molecule has 3 heterocycles. The van der Waals surface area contributed by atoms with Gasteiger partial charge in [-0.15, -0.1) is 0 Å². The molecule has 5 atom stereocenters. The SMILES string of the molecule is CC(=O)N1[C@H]2CCC[C@H]3N(C(=O)Cn4cccnc4=O)[C@@H](Cc4ccccc4)[C@@H]1C[C@@]23C. The Morgan fingerprint density at radius 2 is 1.81 bits per heavy atom. The van der Waals surface area contributed by atoms with Gasteiger partial charge in [-0.3, -0.25) is 14.2 Å². The van der Waals surface area contributed by atoms with Gasteiger partial charge in [0.1, 0.15) is 6.54 Å². The molecule has 0 radical (unpaired) electrons. The molecule has 3 aliphatic rings. The van der Waals surface area contributed by atoms with Gasteiger partial charge in [0.2, 0.25) is 11.8 Å². The number of hydrogen-bond donors (Lipinski definition) is 0. The molecular weight excluding hydrogens is 404 g/mol. The summed E-state index contributed by atoms with van der Waals surface area (Å²) in [5.41, 5.74) is 0.623. The molecule has 168 valence electrons. The summed E-state index contributed by atoms with van der Waals surface area (Å²) in [7, 11) is 0. The van der Waals surface area contributed by atoms with Crippen molar-refractivity contribution in [2.24, 2.45) is 5.41 Å². The Balaban J connectivity index is 1.57. The number of benzene rings is 1. The minimum Gasteiger partial charge on any atom is -0.334 e. The summed E-state index contributed by atoms with van der Waals surface area (Å²) >= 11 is 0. The van der Waals surface area contributed by atoms with Gasteiger partial charge in [-0.05, 0) is 43.7 Å². The number of hydrogen-bond acceptors (Lipinski definition) is 4. The van der Waals surface area contributed by atoms with E-state index in [0.717, 1.165) is 31.2 Å². The Hall–Kier alpha value is -2.96. The average Bonchev–Trinajstić information content (AvgIpc) is 3.08. The van der Waals surface area contributed by atoms with Crippen LogP contribution >= 0.6 is 0 Å². The van der Waals surface area contributed by atoms with Crippen molar-refractivity contribution in [2.75, 3.05) is 0 Å². The standard InChI is InChI=1S/C25H30N4O3/c1-17(30)28-20-15-25(2)21(28)10-6-11-22(25)29(19(20)14-18-8-4-3-5-9-18)23(31)16-27-13-7-12-26-24(27)32/h3-5,7-9,12-13,19-22H,6,10-11,14-16H2,1-2H3/t19-,20-,21-,22+,25-/m0/s1. The quantitative estimate of drug-likeness (QED) is 0.740. The molecule has 1 saturated carbocycles. The second-order valence-electron chi connectivity index (χ2n) is 9.75. The van der Waals surface area contributed by atoms with Crippen LogP contribution in [0, 0.1) is 5.41 Å². The van der Waals surface area contributed by atoms with E-state index < -0.39 is 5.69 Å². The van der Waals surface area contributed by atoms with Gasteiger partial charge < -0.3 is 9.80 Å². The van der Waals surface area contributed by atoms with E-state index >= 15 is 0 Å². The van der Waals surface area contributed by atoms with Crippen LogP contribution in [-0.4, -0.2) is 55.3 Å². The molecule has 7 heteroatoms. The molecule has 2 bridgehead atoms. The van der Waals surface area contributed by atoms with E-state index in [9.17, 15) is 14.4 Å². The largest absolute Gasteiger partial charge is 0.347 e. The minimum atomic E-state index is -0.418. The van der Waals surface area contributed by atoms with Crippen molar-refractivity contribution in [3.63, 3.8) is 0 Å². The molecular formula is C25H30N4O3. The molecule has 3 fully saturated rings. The van der Waals surface area contributed by atoms with Crippen LogP contribution in [-0.2, 0) is 22.6 Å². The summed E-state index contributed by atoms with van der Waals surface area (Å²) in [6.07, 6.45) is 7.61. The maximum Gasteiger partial charge on any atom is 0.347 e. The fourth-order valence-corrected chi connectivity index (χ4v) is 6.73. The lowest BCUT2D eigenvalue weighted by Gasteiger charge is -2.53. The molecule has 1 aliphatic carbocycles. The summed E-state index contributed by atoms with van der Waals surface area (Å²) in [6.45, 7) is 3.89. The topological polar surface area (TPSA) is 75.5 Å². The van der Waals surface area contributed by atoms with Crippen LogP contribution in [0.5, 0.6) is 0 Å². The van der Waals surface area contributed by atoms with Crippen LogP contribution in [0.15, 0.2) is 53.6 Å². The number of carbonyl (C=O) groups excluding carboxylic acids is 2. The predicted octanol–water partition coefficient (Wildman–Crippen LogP) is 2.24. The summed E-state index contributed by atoms with van der Waals surface area (Å²) in [6, 6.07) is 12.0. The van der Waals surface area contributed by atoms with E-state index in [1.165, 1.54) is 10.8 Å². The van der Waals surface area contributed by atoms with Crippen LogP contribution in [0.3, 0.4) is 0 Å². The summed E-state index contributed by atoms with van der Waals surface area (Å²) in [4.78, 5) is 46.7. The van der Waals surface area contributed by atoms with Gasteiger partial charge in [-0.25, -0.2) is 9.78 Å². The molecule has 5 rings (SSSR count). The maximum atomic E-state index is 13.8. The molecule has 0 N–H and O–H groups in total. The number of piperidine rings is 1. The first-order chi connectivity index (χ1) is 15.4. The zero-order valence-corrected chi connectivity index (χ0v) is 18.7. The van der Waals surface area contributed by atoms with Gasteiger partial charge in [0.05, 0.1) is 12.1 Å². The maximum absolute atomic E-state index is 13.8. The second kappa shape index (κ2) is 7.87. The van der Waals surface area contributed by atoms with Crippen LogP contribution in [0.2, 0.25) is 0 Å². The molecule has 32 heavy (non-hydrogen) atoms. The fraction of sp³-hybridized carbons (Fsp3) is 0.520. The van der Waals surface area contributed by atoms with Gasteiger partial charge in [0.15, 0.2) is 0 Å². The van der Waals surface area contributed by atoms with E-state index in [1.54, 1.807) is 19.2 Å². The van der Waals surface area contributed by atoms with E-state index in [-0.39, 0.29) is 47.9 Å². The fourth-order valence-electron chi connectivity index (χ4n) is 6.73. The predicted molar refractivity (Wildman–Crippen MR) is 120 cm³/mol. The van der Waals surface area contributed by atoms with Crippen molar-refractivity contribution in [1.82, 2.24) is 19.4 Å². The Bertz CT molecular complexity index is 1080. The number of amides is 2. The number of rotatable bonds is 4. The lowest BCUT2D eigenvalue weighted by atomic mass is 9.64. The van der Waals surface area contributed by atoms with Gasteiger partial charge in [0.25, 0.3) is 0 Å². The van der Waals surface area contributed by atoms with Crippen molar-refractivity contribution in [3.05, 3.63) is 64.8 Å². The van der Waals surface area contributed by atoms with E-state index in [2.05, 4.69) is 33.8 Å². The Morgan fingerprint density at radius 3 is 2.50 bits per heavy atom. The van der Waals surface area contributed by atoms with Crippen LogP contribution < -0.4 is 5.69 Å². The highest BCUT2D eigenvalue weighted by molar-refractivity contribution is 5.79. The second-order valence-corrected chi connectivity index (χ2v) is 9.75. The van der Waals surface area contributed by atoms with E-state index in [1.807, 2.05) is 18.2 Å². The van der Waals surface area contributed by atoms with E-state index in [4.69, 9.17) is 0 Å². The number of carbonyl (C=O) groups is 2. The molecule has 1 aromatic carbocycles. The van der Waals surface area contributed by atoms with Crippen molar-refractivity contribution in [1.29, 1.82) is 0 Å². The van der Waals surface area contributed by atoms with Crippen LogP contribution in [0.1, 0.15) is 45.1 Å². The molecule has 7 nitrogen and oxygen atoms in total. The summed E-state index contributed by atoms with van der Waals surface area (Å²) in [5, 5.41) is 0. The van der Waals surface area contributed by atoms with Crippen LogP contribution in [0.4, 0.5) is 0 Å². The number of aromatic nitrogens is 2. The third kappa shape index (κ3) is 3.26. The van der Waals surface area contributed by atoms with Crippen molar-refractivity contribution in [3.8, 4) is 0 Å². The first-order valence-electron chi connectivity index (χ1n) is 11.6. The number of likely N-dealkylation sites (tertiary alicyclic amines) is 2. The lowest BCUT2D eigenvalue weighted by molar-refractivity contribution is -0.146. The van der Waals surface area contributed by atoms with Crippen molar-refractivity contribution in [2.45, 2.75) is 76.7 Å². The molecule has 2 aliphatic heterocycles. The average molecular weight is 435 g/mol. The molecule has 2 aromatic rings. The zero-order chi connectivity index (χ0) is 22.5. The third-order valence-corrected chi connectivity index (χ3v) is 7.98. The molecule has 2 saturated heterocycles. The highest BCUT2D eigenvalue weighted by Gasteiger charge is 2.64. The highest BCUT2D eigenvalue weighted by Crippen LogP contribution is 2.56. The first kappa shape index (κ1) is 20.9. The summed E-state index contributed by atoms with van der Waals surface area (Å²) in [5.74, 6) is 0.0354. The Kier molecular flexibility index (Phi) is 5.14. The van der Waals surface area contributed by atoms with Gasteiger partial charge in [0, 0.05) is 36.8 Å².